The van der Waals surface area contributed by atoms with E-state index in [1.807, 2.05) is 6.92 Å². The summed E-state index contributed by atoms with van der Waals surface area (Å²) in [5, 5.41) is 11.4. The molecule has 0 radical (unpaired) electrons. The third-order valence-corrected chi connectivity index (χ3v) is 3.36. The summed E-state index contributed by atoms with van der Waals surface area (Å²) in [5.41, 5.74) is 1.15. The number of hydrogen-bond acceptors (Lipinski definition) is 5. The minimum atomic E-state index is -0.263. The van der Waals surface area contributed by atoms with E-state index < -0.39 is 0 Å². The maximum atomic E-state index is 11.9. The Bertz CT molecular complexity index is 456. The average Bonchev–Trinajstić information content (AvgIpc) is 2.73. The molecule has 0 bridgehead atoms. The fourth-order valence-electron chi connectivity index (χ4n) is 2.34. The Balaban J connectivity index is 2.16. The topological polar surface area (TPSA) is 78.3 Å². The Hall–Kier alpha value is -1.69. The number of aliphatic hydroxyl groups excluding tert-OH is 1. The van der Waals surface area contributed by atoms with Gasteiger partial charge in [-0.3, -0.25) is 4.79 Å². The average molecular weight is 278 g/mol. The van der Waals surface area contributed by atoms with E-state index >= 15 is 0 Å². The minimum Gasteiger partial charge on any atom is -0.395 e. The van der Waals surface area contributed by atoms with Crippen molar-refractivity contribution in [2.24, 2.45) is 0 Å². The molecule has 0 atom stereocenters. The van der Waals surface area contributed by atoms with Gasteiger partial charge in [0.1, 0.15) is 5.69 Å². The predicted molar refractivity (Wildman–Crippen MR) is 76.9 cm³/mol. The molecule has 6 heteroatoms. The Kier molecular flexibility index (Phi) is 5.29. The Morgan fingerprint density at radius 1 is 1.30 bits per heavy atom. The van der Waals surface area contributed by atoms with Crippen LogP contribution in [0.2, 0.25) is 0 Å². The van der Waals surface area contributed by atoms with Crippen LogP contribution in [0.3, 0.4) is 0 Å². The second-order valence-corrected chi connectivity index (χ2v) is 5.08. The van der Waals surface area contributed by atoms with Gasteiger partial charge in [-0.15, -0.1) is 0 Å². The first-order valence-electron chi connectivity index (χ1n) is 7.20. The lowest BCUT2D eigenvalue weighted by molar-refractivity contribution is 0.0939. The number of aryl methyl sites for hydroxylation is 1. The Morgan fingerprint density at radius 2 is 2.00 bits per heavy atom. The summed E-state index contributed by atoms with van der Waals surface area (Å²) in [7, 11) is 0. The van der Waals surface area contributed by atoms with Gasteiger partial charge in [0.25, 0.3) is 5.91 Å². The summed E-state index contributed by atoms with van der Waals surface area (Å²) in [5.74, 6) is 0.377. The van der Waals surface area contributed by atoms with Gasteiger partial charge < -0.3 is 15.3 Å². The molecule has 110 valence electrons. The maximum absolute atomic E-state index is 11.9. The summed E-state index contributed by atoms with van der Waals surface area (Å²) in [4.78, 5) is 22.9. The van der Waals surface area contributed by atoms with E-state index in [9.17, 15) is 4.79 Å². The predicted octanol–water partition coefficient (Wildman–Crippen LogP) is 0.888. The van der Waals surface area contributed by atoms with Gasteiger partial charge in [0.2, 0.25) is 5.95 Å². The van der Waals surface area contributed by atoms with Gasteiger partial charge in [0.15, 0.2) is 0 Å². The SMILES string of the molecule is Cc1cc(C(=O)NCCO)nc(N2CCCCCC2)n1. The van der Waals surface area contributed by atoms with Crippen LogP contribution < -0.4 is 10.2 Å². The standard InChI is InChI=1S/C14H22N4O2/c1-11-10-12(13(20)15-6-9-19)17-14(16-11)18-7-4-2-3-5-8-18/h10,19H,2-9H2,1H3,(H,15,20). The molecule has 1 aromatic rings. The summed E-state index contributed by atoms with van der Waals surface area (Å²) in [6, 6.07) is 1.67. The third kappa shape index (κ3) is 3.90. The van der Waals surface area contributed by atoms with Crippen molar-refractivity contribution < 1.29 is 9.90 Å². The second kappa shape index (κ2) is 7.19. The number of aliphatic hydroxyl groups is 1. The van der Waals surface area contributed by atoms with Crippen LogP contribution in [0, 0.1) is 6.92 Å². The quantitative estimate of drug-likeness (QED) is 0.855. The molecule has 1 amide bonds. The molecule has 2 rings (SSSR count). The highest BCUT2D eigenvalue weighted by Crippen LogP contribution is 2.16. The van der Waals surface area contributed by atoms with Gasteiger partial charge in [0, 0.05) is 25.3 Å². The number of carbonyl (C=O) groups excluding carboxylic acids is 1. The lowest BCUT2D eigenvalue weighted by Crippen LogP contribution is -2.30. The first-order chi connectivity index (χ1) is 9.70. The van der Waals surface area contributed by atoms with E-state index in [1.165, 1.54) is 12.8 Å². The van der Waals surface area contributed by atoms with Crippen LogP contribution in [-0.2, 0) is 0 Å². The first kappa shape index (κ1) is 14.7. The van der Waals surface area contributed by atoms with Crippen molar-refractivity contribution in [3.8, 4) is 0 Å². The molecule has 1 aliphatic rings. The molecular weight excluding hydrogens is 256 g/mol. The molecule has 1 fully saturated rings. The number of anilines is 1. The van der Waals surface area contributed by atoms with E-state index in [1.54, 1.807) is 6.07 Å². The first-order valence-corrected chi connectivity index (χ1v) is 7.20. The van der Waals surface area contributed by atoms with Crippen LogP contribution in [0.1, 0.15) is 41.9 Å². The molecule has 0 saturated carbocycles. The molecule has 1 aliphatic heterocycles. The zero-order valence-corrected chi connectivity index (χ0v) is 11.9. The number of nitrogens with one attached hydrogen (secondary N) is 1. The van der Waals surface area contributed by atoms with Crippen molar-refractivity contribution in [3.63, 3.8) is 0 Å². The van der Waals surface area contributed by atoms with Gasteiger partial charge in [0.05, 0.1) is 6.61 Å². The van der Waals surface area contributed by atoms with Crippen LogP contribution >= 0.6 is 0 Å². The molecule has 0 spiro atoms. The highest BCUT2D eigenvalue weighted by atomic mass is 16.3. The van der Waals surface area contributed by atoms with E-state index in [0.29, 0.717) is 11.6 Å². The second-order valence-electron chi connectivity index (χ2n) is 5.08. The lowest BCUT2D eigenvalue weighted by atomic mass is 10.2. The zero-order valence-electron chi connectivity index (χ0n) is 11.9. The summed E-state index contributed by atoms with van der Waals surface area (Å²) in [6.07, 6.45) is 4.77. The number of carbonyl (C=O) groups is 1. The molecular formula is C14H22N4O2. The molecule has 0 aliphatic carbocycles. The van der Waals surface area contributed by atoms with E-state index in [-0.39, 0.29) is 19.1 Å². The molecule has 0 aromatic carbocycles. The molecule has 1 saturated heterocycles. The highest BCUT2D eigenvalue weighted by molar-refractivity contribution is 5.92. The van der Waals surface area contributed by atoms with E-state index in [0.717, 1.165) is 31.6 Å². The van der Waals surface area contributed by atoms with Crippen LogP contribution in [0.25, 0.3) is 0 Å². The number of aromatic nitrogens is 2. The van der Waals surface area contributed by atoms with Crippen LogP contribution in [0.5, 0.6) is 0 Å². The Labute approximate surface area is 119 Å². The Morgan fingerprint density at radius 3 is 2.65 bits per heavy atom. The van der Waals surface area contributed by atoms with E-state index in [2.05, 4.69) is 20.2 Å². The molecule has 6 nitrogen and oxygen atoms in total. The normalized spacial score (nSPS) is 15.8. The molecule has 2 heterocycles. The van der Waals surface area contributed by atoms with Crippen molar-refractivity contribution in [1.29, 1.82) is 0 Å². The summed E-state index contributed by atoms with van der Waals surface area (Å²) in [6.45, 7) is 3.92. The molecule has 1 aromatic heterocycles. The van der Waals surface area contributed by atoms with Crippen molar-refractivity contribution in [3.05, 3.63) is 17.5 Å². The van der Waals surface area contributed by atoms with Crippen LogP contribution in [-0.4, -0.2) is 47.2 Å². The lowest BCUT2D eigenvalue weighted by Gasteiger charge is -2.20. The van der Waals surface area contributed by atoms with Gasteiger partial charge in [-0.2, -0.15) is 0 Å². The third-order valence-electron chi connectivity index (χ3n) is 3.36. The van der Waals surface area contributed by atoms with Crippen molar-refractivity contribution >= 4 is 11.9 Å². The minimum absolute atomic E-state index is 0.0746. The monoisotopic (exact) mass is 278 g/mol. The number of rotatable bonds is 4. The van der Waals surface area contributed by atoms with Gasteiger partial charge in [-0.25, -0.2) is 9.97 Å². The fraction of sp³-hybridized carbons (Fsp3) is 0.643. The fourth-order valence-corrected chi connectivity index (χ4v) is 2.34. The zero-order chi connectivity index (χ0) is 14.4. The van der Waals surface area contributed by atoms with Gasteiger partial charge in [-0.05, 0) is 25.8 Å². The van der Waals surface area contributed by atoms with Crippen LogP contribution in [0.15, 0.2) is 6.07 Å². The smallest absolute Gasteiger partial charge is 0.270 e. The number of nitrogens with zero attached hydrogens (tertiary/aromatic N) is 3. The number of hydrogen-bond donors (Lipinski definition) is 2. The van der Waals surface area contributed by atoms with Gasteiger partial charge >= 0.3 is 0 Å². The van der Waals surface area contributed by atoms with Gasteiger partial charge in [-0.1, -0.05) is 12.8 Å². The van der Waals surface area contributed by atoms with Crippen LogP contribution in [0.4, 0.5) is 5.95 Å². The van der Waals surface area contributed by atoms with E-state index in [4.69, 9.17) is 5.11 Å². The molecule has 2 N–H and O–H groups in total. The van der Waals surface area contributed by atoms with Crippen molar-refractivity contribution in [2.75, 3.05) is 31.1 Å². The largest absolute Gasteiger partial charge is 0.395 e. The molecule has 20 heavy (non-hydrogen) atoms. The summed E-state index contributed by atoms with van der Waals surface area (Å²) < 4.78 is 0. The van der Waals surface area contributed by atoms with Crippen molar-refractivity contribution in [2.45, 2.75) is 32.6 Å². The number of amides is 1. The summed E-state index contributed by atoms with van der Waals surface area (Å²) >= 11 is 0. The highest BCUT2D eigenvalue weighted by Gasteiger charge is 2.16. The van der Waals surface area contributed by atoms with Crippen molar-refractivity contribution in [1.82, 2.24) is 15.3 Å². The molecule has 0 unspecified atom stereocenters. The maximum Gasteiger partial charge on any atom is 0.270 e.